The Morgan fingerprint density at radius 1 is 0.440 bits per heavy atom. The van der Waals surface area contributed by atoms with Gasteiger partial charge in [-0.05, 0) is 0 Å². The summed E-state index contributed by atoms with van der Waals surface area (Å²) in [4.78, 5) is 30.1. The first kappa shape index (κ1) is 37.6. The van der Waals surface area contributed by atoms with E-state index < -0.39 is 30.2 Å². The number of carbonyl (C=O) groups is 2. The Bertz CT molecular complexity index is 1870. The Morgan fingerprint density at radius 2 is 0.740 bits per heavy atom. The molecule has 0 radical (unpaired) electrons. The quantitative estimate of drug-likeness (QED) is 0.121. The van der Waals surface area contributed by atoms with E-state index in [1.54, 1.807) is 103 Å². The van der Waals surface area contributed by atoms with E-state index in [1.165, 1.54) is 35.5 Å². The van der Waals surface area contributed by atoms with E-state index in [0.29, 0.717) is 13.4 Å². The molecule has 0 amide bonds. The molecule has 0 unspecified atom stereocenters. The molecule has 0 aromatic heterocycles. The van der Waals surface area contributed by atoms with Crippen LogP contribution in [0.15, 0.2) is 117 Å². The summed E-state index contributed by atoms with van der Waals surface area (Å²) in [7, 11) is 7.35. The molecule has 0 aliphatic heterocycles. The number of hydrogen-bond donors (Lipinski definition) is 0. The Kier molecular flexibility index (Phi) is 11.8. The van der Waals surface area contributed by atoms with Crippen molar-refractivity contribution in [2.45, 2.75) is 0 Å². The number of ether oxygens (including phenoxy) is 5. The summed E-state index contributed by atoms with van der Waals surface area (Å²) >= 11 is 3.89. The number of halogens is 3. The number of para-hydroxylation sites is 2. The second kappa shape index (κ2) is 15.7. The first-order valence-electron chi connectivity index (χ1n) is 14.9. The normalized spacial score (nSPS) is 11.8. The fourth-order valence-corrected chi connectivity index (χ4v) is 22.8. The molecule has 260 valence electrons. The van der Waals surface area contributed by atoms with Crippen molar-refractivity contribution in [2.75, 3.05) is 35.5 Å². The summed E-state index contributed by atoms with van der Waals surface area (Å²) in [6.07, 6.45) is 0. The van der Waals surface area contributed by atoms with Gasteiger partial charge in [0.1, 0.15) is 0 Å². The van der Waals surface area contributed by atoms with Gasteiger partial charge in [-0.25, -0.2) is 0 Å². The van der Waals surface area contributed by atoms with Gasteiger partial charge in [0.05, 0.1) is 0 Å². The van der Waals surface area contributed by atoms with Crippen LogP contribution < -0.4 is 34.2 Å². The topological polar surface area (TPSA) is 98.8 Å². The van der Waals surface area contributed by atoms with Crippen LogP contribution in [0.1, 0.15) is 20.7 Å². The molecule has 9 nitrogen and oxygen atoms in total. The number of benzene rings is 5. The molecular weight excluding hydrogens is 950 g/mol. The van der Waals surface area contributed by atoms with E-state index in [1.807, 2.05) is 0 Å². The molecule has 0 bridgehead atoms. The zero-order valence-corrected chi connectivity index (χ0v) is 34.9. The molecule has 0 saturated heterocycles. The molecule has 0 aliphatic rings. The van der Waals surface area contributed by atoms with Crippen molar-refractivity contribution in [3.05, 3.63) is 128 Å². The Morgan fingerprint density at radius 3 is 1.04 bits per heavy atom. The third-order valence-corrected chi connectivity index (χ3v) is 22.8. The maximum atomic E-state index is 15.0. The van der Waals surface area contributed by atoms with Crippen LogP contribution in [-0.2, 0) is 6.03 Å². The molecular formula is C37H32Br3O9Sb. The molecule has 0 saturated carbocycles. The number of carbonyl (C=O) groups excluding carboxylic acids is 2. The summed E-state index contributed by atoms with van der Waals surface area (Å²) in [5.41, 5.74) is 0.164. The Hall–Kier alpha value is -3.70. The zero-order valence-electron chi connectivity index (χ0n) is 27.6. The standard InChI is InChI=1S/2C8H8O3.3C7H6BrO.Sb/c2*1-11-7-5-3-2-4-6(7)8(9)10;3*1-9-7-4-2-6(8)3-5-7;/h2*2-5H,1H3,(H,9,10);3*2-4H,1H3;/q;;;;;+2/p-2. The zero-order chi connectivity index (χ0) is 36.1. The van der Waals surface area contributed by atoms with E-state index >= 15 is 9.59 Å². The van der Waals surface area contributed by atoms with Gasteiger partial charge in [0.15, 0.2) is 0 Å². The van der Waals surface area contributed by atoms with Crippen LogP contribution in [0.5, 0.6) is 28.7 Å². The van der Waals surface area contributed by atoms with Crippen LogP contribution in [0.25, 0.3) is 0 Å². The van der Waals surface area contributed by atoms with E-state index in [4.69, 9.17) is 29.7 Å². The van der Waals surface area contributed by atoms with Crippen LogP contribution >= 0.6 is 47.8 Å². The van der Waals surface area contributed by atoms with E-state index in [-0.39, 0.29) is 50.4 Å². The maximum absolute atomic E-state index is 15.0. The average molecular weight is 982 g/mol. The van der Waals surface area contributed by atoms with Gasteiger partial charge >= 0.3 is 320 Å². The monoisotopic (exact) mass is 978 g/mol. The molecule has 50 heavy (non-hydrogen) atoms. The predicted octanol–water partition coefficient (Wildman–Crippen LogP) is 7.15. The number of methoxy groups -OCH3 is 5. The van der Waals surface area contributed by atoms with Gasteiger partial charge < -0.3 is 0 Å². The van der Waals surface area contributed by atoms with Crippen molar-refractivity contribution in [3.63, 3.8) is 0 Å². The van der Waals surface area contributed by atoms with E-state index in [9.17, 15) is 0 Å². The molecule has 0 atom stereocenters. The van der Waals surface area contributed by atoms with Crippen molar-refractivity contribution < 1.29 is 39.3 Å². The van der Waals surface area contributed by atoms with Crippen molar-refractivity contribution in [2.24, 2.45) is 0 Å². The molecule has 0 spiro atoms. The van der Waals surface area contributed by atoms with Crippen LogP contribution in [-0.4, -0.2) is 65.7 Å². The van der Waals surface area contributed by atoms with Gasteiger partial charge in [0.2, 0.25) is 0 Å². The first-order chi connectivity index (χ1) is 24.1. The van der Waals surface area contributed by atoms with Crippen molar-refractivity contribution in [1.29, 1.82) is 0 Å². The first-order valence-corrected chi connectivity index (χ1v) is 23.1. The molecule has 0 heterocycles. The summed E-state index contributed by atoms with van der Waals surface area (Å²) in [5, 5.41) is 0. The third-order valence-electron chi connectivity index (χ3n) is 7.90. The average Bonchev–Trinajstić information content (AvgIpc) is 3.14. The number of rotatable bonds is 12. The van der Waals surface area contributed by atoms with Crippen LogP contribution in [0, 0.1) is 0 Å². The van der Waals surface area contributed by atoms with Gasteiger partial charge in [-0.15, -0.1) is 0 Å². The van der Waals surface area contributed by atoms with Gasteiger partial charge in [0, 0.05) is 0 Å². The molecule has 0 aliphatic carbocycles. The second-order valence-electron chi connectivity index (χ2n) is 10.6. The molecule has 5 rings (SSSR count). The van der Waals surface area contributed by atoms with Crippen molar-refractivity contribution >= 4 is 88.5 Å². The van der Waals surface area contributed by atoms with E-state index in [0.717, 1.165) is 0 Å². The Balaban J connectivity index is 2.13. The molecule has 5 aromatic carbocycles. The summed E-state index contributed by atoms with van der Waals surface area (Å²) in [6.45, 7) is 0. The number of hydrogen-bond acceptors (Lipinski definition) is 9. The van der Waals surface area contributed by atoms with Gasteiger partial charge in [-0.3, -0.25) is 0 Å². The summed E-state index contributed by atoms with van der Waals surface area (Å²) < 4.78 is 46.2. The van der Waals surface area contributed by atoms with Crippen LogP contribution in [0.4, 0.5) is 0 Å². The SMILES string of the molecule is COc1ccccc1C(=O)[O][Sb]([O]C(=O)c1ccccc1OC)([c]1cc(Br)ccc1OC)([c]1cc(Br)ccc1OC)[c]1cc(Br)ccc1OC. The molecule has 0 fully saturated rings. The molecule has 13 heteroatoms. The fourth-order valence-electron chi connectivity index (χ4n) is 5.69. The predicted molar refractivity (Wildman–Crippen MR) is 204 cm³/mol. The third kappa shape index (κ3) is 6.70. The fraction of sp³-hybridized carbons (Fsp3) is 0.135. The molecule has 5 aromatic rings. The van der Waals surface area contributed by atoms with Gasteiger partial charge in [-0.2, -0.15) is 0 Å². The minimum atomic E-state index is -7.00. The Labute approximate surface area is 317 Å². The van der Waals surface area contributed by atoms with Crippen molar-refractivity contribution in [3.8, 4) is 28.7 Å². The minimum absolute atomic E-state index is 0.0819. The van der Waals surface area contributed by atoms with Gasteiger partial charge in [-0.1, -0.05) is 0 Å². The van der Waals surface area contributed by atoms with Gasteiger partial charge in [0.25, 0.3) is 0 Å². The molecule has 0 N–H and O–H groups in total. The summed E-state index contributed by atoms with van der Waals surface area (Å²) in [6, 6.07) is 28.8. The van der Waals surface area contributed by atoms with E-state index in [2.05, 4.69) is 47.8 Å². The second-order valence-corrected chi connectivity index (χ2v) is 23.9. The van der Waals surface area contributed by atoms with Crippen LogP contribution in [0.2, 0.25) is 0 Å². The summed E-state index contributed by atoms with van der Waals surface area (Å²) in [5.74, 6) is -0.414. The van der Waals surface area contributed by atoms with Crippen LogP contribution in [0.3, 0.4) is 0 Å². The van der Waals surface area contributed by atoms with Crippen molar-refractivity contribution in [1.82, 2.24) is 0 Å².